The third kappa shape index (κ3) is 2.44. The van der Waals surface area contributed by atoms with E-state index in [2.05, 4.69) is 27.3 Å². The SMILES string of the molecule is CCCn1cc(Oc2nc(NC)nc3sccc23)cn1. The minimum Gasteiger partial charge on any atom is -0.435 e. The largest absolute Gasteiger partial charge is 0.435 e. The topological polar surface area (TPSA) is 64.9 Å². The van der Waals surface area contributed by atoms with E-state index in [1.54, 1.807) is 24.6 Å². The highest BCUT2D eigenvalue weighted by molar-refractivity contribution is 7.16. The van der Waals surface area contributed by atoms with Crippen molar-refractivity contribution in [3.05, 3.63) is 23.8 Å². The van der Waals surface area contributed by atoms with Crippen LogP contribution in [0.1, 0.15) is 13.3 Å². The first kappa shape index (κ1) is 12.9. The van der Waals surface area contributed by atoms with Crippen molar-refractivity contribution < 1.29 is 4.74 Å². The van der Waals surface area contributed by atoms with Crippen molar-refractivity contribution >= 4 is 27.5 Å². The molecule has 0 aliphatic rings. The highest BCUT2D eigenvalue weighted by Gasteiger charge is 2.11. The lowest BCUT2D eigenvalue weighted by atomic mass is 10.4. The first-order valence-electron chi connectivity index (χ1n) is 6.43. The van der Waals surface area contributed by atoms with Gasteiger partial charge < -0.3 is 10.1 Å². The van der Waals surface area contributed by atoms with Gasteiger partial charge in [-0.2, -0.15) is 10.1 Å². The van der Waals surface area contributed by atoms with E-state index >= 15 is 0 Å². The lowest BCUT2D eigenvalue weighted by molar-refractivity contribution is 0.467. The van der Waals surface area contributed by atoms with Crippen LogP contribution in [0.4, 0.5) is 5.95 Å². The van der Waals surface area contributed by atoms with Crippen molar-refractivity contribution in [2.24, 2.45) is 0 Å². The maximum absolute atomic E-state index is 5.85. The monoisotopic (exact) mass is 289 g/mol. The Kier molecular flexibility index (Phi) is 3.51. The summed E-state index contributed by atoms with van der Waals surface area (Å²) in [5.74, 6) is 1.79. The zero-order chi connectivity index (χ0) is 13.9. The molecule has 0 atom stereocenters. The molecule has 0 radical (unpaired) electrons. The second-order valence-corrected chi connectivity index (χ2v) is 5.18. The van der Waals surface area contributed by atoms with E-state index in [0.717, 1.165) is 23.2 Å². The minimum atomic E-state index is 0.552. The van der Waals surface area contributed by atoms with Crippen molar-refractivity contribution in [2.45, 2.75) is 19.9 Å². The quantitative estimate of drug-likeness (QED) is 0.781. The summed E-state index contributed by atoms with van der Waals surface area (Å²) >= 11 is 1.56. The fraction of sp³-hybridized carbons (Fsp3) is 0.308. The molecule has 20 heavy (non-hydrogen) atoms. The Morgan fingerprint density at radius 3 is 3.10 bits per heavy atom. The van der Waals surface area contributed by atoms with Gasteiger partial charge in [0.1, 0.15) is 4.83 Å². The van der Waals surface area contributed by atoms with E-state index in [4.69, 9.17) is 4.74 Å². The number of nitrogens with one attached hydrogen (secondary N) is 1. The normalized spacial score (nSPS) is 10.9. The van der Waals surface area contributed by atoms with Crippen LogP contribution in [-0.2, 0) is 6.54 Å². The maximum Gasteiger partial charge on any atom is 0.233 e. The zero-order valence-corrected chi connectivity index (χ0v) is 12.1. The average molecular weight is 289 g/mol. The van der Waals surface area contributed by atoms with E-state index in [9.17, 15) is 0 Å². The third-order valence-corrected chi connectivity index (χ3v) is 3.60. The van der Waals surface area contributed by atoms with Gasteiger partial charge in [0.2, 0.25) is 11.8 Å². The summed E-state index contributed by atoms with van der Waals surface area (Å²) in [6.45, 7) is 2.99. The molecular weight excluding hydrogens is 274 g/mol. The van der Waals surface area contributed by atoms with Crippen LogP contribution in [0.25, 0.3) is 10.2 Å². The lowest BCUT2D eigenvalue weighted by Crippen LogP contribution is -1.98. The molecule has 0 unspecified atom stereocenters. The summed E-state index contributed by atoms with van der Waals surface area (Å²) < 4.78 is 7.71. The average Bonchev–Trinajstić information content (AvgIpc) is 3.08. The molecule has 1 N–H and O–H groups in total. The van der Waals surface area contributed by atoms with Crippen molar-refractivity contribution in [1.82, 2.24) is 19.7 Å². The van der Waals surface area contributed by atoms with Crippen molar-refractivity contribution in [1.29, 1.82) is 0 Å². The Morgan fingerprint density at radius 2 is 2.30 bits per heavy atom. The number of aromatic nitrogens is 4. The van der Waals surface area contributed by atoms with E-state index < -0.39 is 0 Å². The zero-order valence-electron chi connectivity index (χ0n) is 11.3. The van der Waals surface area contributed by atoms with Gasteiger partial charge >= 0.3 is 0 Å². The molecule has 104 valence electrons. The number of fused-ring (bicyclic) bond motifs is 1. The van der Waals surface area contributed by atoms with Crippen LogP contribution >= 0.6 is 11.3 Å². The Hall–Kier alpha value is -2.15. The van der Waals surface area contributed by atoms with E-state index in [0.29, 0.717) is 17.6 Å². The van der Waals surface area contributed by atoms with Gasteiger partial charge in [0.05, 0.1) is 17.8 Å². The Labute approximate surface area is 120 Å². The molecule has 3 aromatic heterocycles. The van der Waals surface area contributed by atoms with Crippen LogP contribution in [0, 0.1) is 0 Å². The summed E-state index contributed by atoms with van der Waals surface area (Å²) in [6, 6.07) is 1.96. The highest BCUT2D eigenvalue weighted by atomic mass is 32.1. The Balaban J connectivity index is 1.94. The predicted octanol–water partition coefficient (Wildman–Crippen LogP) is 3.13. The highest BCUT2D eigenvalue weighted by Crippen LogP contribution is 2.31. The van der Waals surface area contributed by atoms with Gasteiger partial charge in [-0.15, -0.1) is 11.3 Å². The molecule has 0 saturated carbocycles. The molecule has 0 spiro atoms. The van der Waals surface area contributed by atoms with Crippen LogP contribution in [0.2, 0.25) is 0 Å². The van der Waals surface area contributed by atoms with Crippen molar-refractivity contribution in [3.8, 4) is 11.6 Å². The maximum atomic E-state index is 5.85. The molecule has 3 heterocycles. The molecular formula is C13H15N5OS. The standard InChI is InChI=1S/C13H15N5OS/c1-3-5-18-8-9(7-15-18)19-11-10-4-6-20-12(10)17-13(14-2)16-11/h4,6-8H,3,5H2,1-2H3,(H,14,16,17). The van der Waals surface area contributed by atoms with Gasteiger partial charge in [-0.3, -0.25) is 4.68 Å². The molecule has 0 fully saturated rings. The van der Waals surface area contributed by atoms with Crippen LogP contribution in [0.15, 0.2) is 23.8 Å². The van der Waals surface area contributed by atoms with Gasteiger partial charge in [-0.25, -0.2) is 4.98 Å². The first-order valence-corrected chi connectivity index (χ1v) is 7.31. The molecule has 0 aromatic carbocycles. The number of thiophene rings is 1. The number of rotatable bonds is 5. The van der Waals surface area contributed by atoms with Crippen LogP contribution in [0.3, 0.4) is 0 Å². The minimum absolute atomic E-state index is 0.552. The van der Waals surface area contributed by atoms with E-state index in [1.165, 1.54) is 0 Å². The molecule has 0 amide bonds. The number of aryl methyl sites for hydroxylation is 1. The number of anilines is 1. The molecule has 3 aromatic rings. The van der Waals surface area contributed by atoms with Crippen LogP contribution in [0.5, 0.6) is 11.6 Å². The summed E-state index contributed by atoms with van der Waals surface area (Å²) in [6.07, 6.45) is 4.62. The fourth-order valence-electron chi connectivity index (χ4n) is 1.88. The van der Waals surface area contributed by atoms with Crippen LogP contribution in [-0.4, -0.2) is 26.8 Å². The number of nitrogens with zero attached hydrogens (tertiary/aromatic N) is 4. The predicted molar refractivity (Wildman–Crippen MR) is 79.6 cm³/mol. The van der Waals surface area contributed by atoms with Gasteiger partial charge in [0.25, 0.3) is 0 Å². The summed E-state index contributed by atoms with van der Waals surface area (Å²) in [5, 5.41) is 10.1. The van der Waals surface area contributed by atoms with Crippen molar-refractivity contribution in [3.63, 3.8) is 0 Å². The molecule has 3 rings (SSSR count). The number of hydrogen-bond donors (Lipinski definition) is 1. The second kappa shape index (κ2) is 5.46. The molecule has 6 nitrogen and oxygen atoms in total. The van der Waals surface area contributed by atoms with Gasteiger partial charge in [0, 0.05) is 13.6 Å². The van der Waals surface area contributed by atoms with Gasteiger partial charge in [0.15, 0.2) is 5.75 Å². The molecule has 0 aliphatic heterocycles. The number of hydrogen-bond acceptors (Lipinski definition) is 6. The molecule has 7 heteroatoms. The Morgan fingerprint density at radius 1 is 1.40 bits per heavy atom. The molecule has 0 saturated heterocycles. The van der Waals surface area contributed by atoms with Crippen molar-refractivity contribution in [2.75, 3.05) is 12.4 Å². The third-order valence-electron chi connectivity index (χ3n) is 2.79. The summed E-state index contributed by atoms with van der Waals surface area (Å²) in [7, 11) is 1.79. The molecule has 0 bridgehead atoms. The van der Waals surface area contributed by atoms with E-state index in [1.807, 2.05) is 22.3 Å². The second-order valence-electron chi connectivity index (χ2n) is 4.28. The van der Waals surface area contributed by atoms with Gasteiger partial charge in [-0.05, 0) is 17.9 Å². The fourth-order valence-corrected chi connectivity index (χ4v) is 2.63. The smallest absolute Gasteiger partial charge is 0.233 e. The van der Waals surface area contributed by atoms with E-state index in [-0.39, 0.29) is 0 Å². The summed E-state index contributed by atoms with van der Waals surface area (Å²) in [5.41, 5.74) is 0. The first-order chi connectivity index (χ1) is 9.80. The lowest BCUT2D eigenvalue weighted by Gasteiger charge is -2.05. The molecule has 0 aliphatic carbocycles. The number of ether oxygens (including phenoxy) is 1. The van der Waals surface area contributed by atoms with Gasteiger partial charge in [-0.1, -0.05) is 6.92 Å². The Bertz CT molecular complexity index is 720. The van der Waals surface area contributed by atoms with Crippen LogP contribution < -0.4 is 10.1 Å². The summed E-state index contributed by atoms with van der Waals surface area (Å²) in [4.78, 5) is 9.66.